The molecule has 1 amide bonds. The van der Waals surface area contributed by atoms with Gasteiger partial charge in [0.1, 0.15) is 24.6 Å². The summed E-state index contributed by atoms with van der Waals surface area (Å²) >= 11 is 0. The van der Waals surface area contributed by atoms with Crippen LogP contribution in [0.1, 0.15) is 83.6 Å². The molecule has 1 aliphatic heterocycles. The number of benzene rings is 2. The lowest BCUT2D eigenvalue weighted by molar-refractivity contribution is -0.258. The van der Waals surface area contributed by atoms with E-state index in [4.69, 9.17) is 23.7 Å². The maximum atomic E-state index is 14.1. The number of ketones is 1. The van der Waals surface area contributed by atoms with Crippen molar-refractivity contribution in [1.82, 2.24) is 5.32 Å². The van der Waals surface area contributed by atoms with Crippen molar-refractivity contribution < 1.29 is 52.5 Å². The van der Waals surface area contributed by atoms with Gasteiger partial charge in [-0.3, -0.25) is 24.0 Å². The van der Waals surface area contributed by atoms with Gasteiger partial charge in [-0.25, -0.2) is 0 Å². The van der Waals surface area contributed by atoms with Gasteiger partial charge in [0.2, 0.25) is 12.4 Å². The summed E-state index contributed by atoms with van der Waals surface area (Å²) in [5.74, 6) is -5.16. The predicted octanol–water partition coefficient (Wildman–Crippen LogP) is 4.14. The average Bonchev–Trinajstić information content (AvgIpc) is 3.01. The van der Waals surface area contributed by atoms with Gasteiger partial charge in [-0.15, -0.1) is 0 Å². The van der Waals surface area contributed by atoms with Crippen molar-refractivity contribution in [1.29, 1.82) is 0 Å². The van der Waals surface area contributed by atoms with Gasteiger partial charge in [0.25, 0.3) is 5.91 Å². The number of rotatable bonds is 14. The summed E-state index contributed by atoms with van der Waals surface area (Å²) in [6.45, 7) is 10.3. The van der Waals surface area contributed by atoms with Gasteiger partial charge in [0.15, 0.2) is 0 Å². The third kappa shape index (κ3) is 11.0. The molecule has 0 aromatic heterocycles. The van der Waals surface area contributed by atoms with Crippen LogP contribution in [-0.4, -0.2) is 66.7 Å². The van der Waals surface area contributed by atoms with E-state index in [0.29, 0.717) is 17.0 Å². The molecule has 0 saturated carbocycles. The topological polar surface area (TPSA) is 161 Å². The SMILES string of the molecule is CC(=O)C[C@@H]1[C@@H](NC(=O)C(OC(=O)C(C)c2ccc(CC(C)C)cc2)c2ccccc2)[C@H](OC(C)=O)O[C@H](COC(C)=O)[C@H]1OC(C)=O. The minimum absolute atomic E-state index is 0.236. The minimum Gasteiger partial charge on any atom is -0.463 e. The Kier molecular flexibility index (Phi) is 13.8. The Bertz CT molecular complexity index is 1440. The van der Waals surface area contributed by atoms with Crippen LogP contribution in [0.25, 0.3) is 0 Å². The highest BCUT2D eigenvalue weighted by Crippen LogP contribution is 2.34. The Morgan fingerprint density at radius 3 is 1.96 bits per heavy atom. The zero-order valence-electron chi connectivity index (χ0n) is 28.4. The maximum absolute atomic E-state index is 14.1. The van der Waals surface area contributed by atoms with E-state index in [1.807, 2.05) is 24.3 Å². The zero-order valence-corrected chi connectivity index (χ0v) is 28.4. The monoisotopic (exact) mass is 667 g/mol. The summed E-state index contributed by atoms with van der Waals surface area (Å²) < 4.78 is 27.9. The molecule has 0 radical (unpaired) electrons. The number of amides is 1. The Morgan fingerprint density at radius 2 is 1.42 bits per heavy atom. The number of carbonyl (C=O) groups excluding carboxylic acids is 6. The van der Waals surface area contributed by atoms with Gasteiger partial charge < -0.3 is 33.8 Å². The lowest BCUT2D eigenvalue weighted by Crippen LogP contribution is -2.64. The third-order valence-corrected chi connectivity index (χ3v) is 7.77. The number of hydrogen-bond acceptors (Lipinski definition) is 11. The van der Waals surface area contributed by atoms with Crippen molar-refractivity contribution in [2.45, 2.75) is 97.9 Å². The molecule has 2 aromatic rings. The van der Waals surface area contributed by atoms with Crippen LogP contribution >= 0.6 is 0 Å². The second kappa shape index (κ2) is 17.5. The van der Waals surface area contributed by atoms with Crippen molar-refractivity contribution >= 4 is 35.6 Å². The number of ether oxygens (including phenoxy) is 5. The number of nitrogens with one attached hydrogen (secondary N) is 1. The van der Waals surface area contributed by atoms with Crippen molar-refractivity contribution in [2.75, 3.05) is 6.61 Å². The maximum Gasteiger partial charge on any atom is 0.314 e. The zero-order chi connectivity index (χ0) is 35.5. The van der Waals surface area contributed by atoms with E-state index in [1.54, 1.807) is 37.3 Å². The second-order valence-corrected chi connectivity index (χ2v) is 12.4. The molecule has 1 fully saturated rings. The van der Waals surface area contributed by atoms with Gasteiger partial charge in [0.05, 0.1) is 12.0 Å². The molecule has 3 rings (SSSR count). The molecular formula is C36H45NO11. The summed E-state index contributed by atoms with van der Waals surface area (Å²) in [5.41, 5.74) is 2.20. The smallest absolute Gasteiger partial charge is 0.314 e. The summed E-state index contributed by atoms with van der Waals surface area (Å²) in [6, 6.07) is 14.7. The molecule has 7 atom stereocenters. The molecule has 0 aliphatic carbocycles. The molecule has 48 heavy (non-hydrogen) atoms. The van der Waals surface area contributed by atoms with Crippen molar-refractivity contribution in [3.05, 3.63) is 71.3 Å². The highest BCUT2D eigenvalue weighted by molar-refractivity contribution is 5.87. The van der Waals surface area contributed by atoms with Crippen molar-refractivity contribution in [3.8, 4) is 0 Å². The predicted molar refractivity (Wildman–Crippen MR) is 172 cm³/mol. The molecular weight excluding hydrogens is 622 g/mol. The summed E-state index contributed by atoms with van der Waals surface area (Å²) in [6.07, 6.45) is -4.63. The van der Waals surface area contributed by atoms with Crippen LogP contribution in [0.3, 0.4) is 0 Å². The van der Waals surface area contributed by atoms with Crippen LogP contribution in [0.5, 0.6) is 0 Å². The normalized spacial score (nSPS) is 21.7. The van der Waals surface area contributed by atoms with Crippen LogP contribution in [-0.2, 0) is 58.9 Å². The molecule has 12 nitrogen and oxygen atoms in total. The fraction of sp³-hybridized carbons (Fsp3) is 0.500. The van der Waals surface area contributed by atoms with E-state index in [-0.39, 0.29) is 18.8 Å². The van der Waals surface area contributed by atoms with Crippen molar-refractivity contribution in [2.24, 2.45) is 11.8 Å². The van der Waals surface area contributed by atoms with Crippen LogP contribution in [0.15, 0.2) is 54.6 Å². The second-order valence-electron chi connectivity index (χ2n) is 12.4. The highest BCUT2D eigenvalue weighted by Gasteiger charge is 2.51. The Balaban J connectivity index is 1.97. The number of esters is 4. The van der Waals surface area contributed by atoms with Gasteiger partial charge in [0, 0.05) is 38.7 Å². The third-order valence-electron chi connectivity index (χ3n) is 7.77. The molecule has 260 valence electrons. The molecule has 0 spiro atoms. The molecule has 1 N–H and O–H groups in total. The quantitative estimate of drug-likeness (QED) is 0.228. The van der Waals surface area contributed by atoms with Crippen LogP contribution < -0.4 is 5.32 Å². The molecule has 12 heteroatoms. The first-order valence-electron chi connectivity index (χ1n) is 15.9. The molecule has 2 unspecified atom stereocenters. The Morgan fingerprint density at radius 1 is 0.792 bits per heavy atom. The van der Waals surface area contributed by atoms with E-state index in [0.717, 1.165) is 25.8 Å². The van der Waals surface area contributed by atoms with Gasteiger partial charge in [-0.05, 0) is 37.3 Å². The molecule has 0 bridgehead atoms. The van der Waals surface area contributed by atoms with E-state index in [2.05, 4.69) is 19.2 Å². The average molecular weight is 668 g/mol. The molecule has 1 saturated heterocycles. The Labute approximate surface area is 280 Å². The summed E-state index contributed by atoms with van der Waals surface area (Å²) in [4.78, 5) is 76.1. The van der Waals surface area contributed by atoms with E-state index >= 15 is 0 Å². The molecule has 2 aromatic carbocycles. The van der Waals surface area contributed by atoms with Crippen LogP contribution in [0.4, 0.5) is 0 Å². The first-order chi connectivity index (χ1) is 22.7. The van der Waals surface area contributed by atoms with E-state index in [1.165, 1.54) is 13.8 Å². The van der Waals surface area contributed by atoms with Gasteiger partial charge in [-0.1, -0.05) is 68.4 Å². The number of Topliss-reactive ketones (excluding diaryl/α,β-unsaturated/α-hetero) is 1. The summed E-state index contributed by atoms with van der Waals surface area (Å²) in [5, 5.41) is 2.76. The molecule has 1 heterocycles. The van der Waals surface area contributed by atoms with Crippen LogP contribution in [0.2, 0.25) is 0 Å². The lowest BCUT2D eigenvalue weighted by Gasteiger charge is -2.45. The summed E-state index contributed by atoms with van der Waals surface area (Å²) in [7, 11) is 0. The fourth-order valence-electron chi connectivity index (χ4n) is 5.63. The lowest BCUT2D eigenvalue weighted by atomic mass is 9.83. The van der Waals surface area contributed by atoms with E-state index < -0.39 is 72.3 Å². The van der Waals surface area contributed by atoms with Crippen LogP contribution in [0, 0.1) is 11.8 Å². The fourth-order valence-corrected chi connectivity index (χ4v) is 5.63. The van der Waals surface area contributed by atoms with Gasteiger partial charge in [-0.2, -0.15) is 0 Å². The minimum atomic E-state index is -1.49. The van der Waals surface area contributed by atoms with Gasteiger partial charge >= 0.3 is 23.9 Å². The van der Waals surface area contributed by atoms with E-state index in [9.17, 15) is 28.8 Å². The number of carbonyl (C=O) groups is 6. The first-order valence-corrected chi connectivity index (χ1v) is 15.9. The first kappa shape index (κ1) is 37.9. The molecule has 1 aliphatic rings. The Hall–Kier alpha value is -4.58. The largest absolute Gasteiger partial charge is 0.463 e. The van der Waals surface area contributed by atoms with Crippen molar-refractivity contribution in [3.63, 3.8) is 0 Å². The standard InChI is InChI=1S/C36H45NO11/c1-20(2)17-26-13-15-27(16-14-26)22(4)35(43)48-32(28-11-9-8-10-12-28)34(42)37-31-29(18-21(3)38)33(45-24(6)40)30(19-44-23(5)39)47-36(31)46-25(7)41/h8-16,20,22,29-33,36H,17-19H2,1-7H3,(H,37,42)/t22?,29-,30-,31-,32?,33+,36-/m1/s1. The highest BCUT2D eigenvalue weighted by atomic mass is 16.7. The number of hydrogen-bond donors (Lipinski definition) is 1.